The van der Waals surface area contributed by atoms with Crippen molar-refractivity contribution >= 4 is 10.8 Å². The molecule has 2 heteroatoms. The molecule has 0 unspecified atom stereocenters. The predicted octanol–water partition coefficient (Wildman–Crippen LogP) is 5.88. The molecule has 0 heterocycles. The van der Waals surface area contributed by atoms with Gasteiger partial charge in [-0.2, -0.15) is 0 Å². The average Bonchev–Trinajstić information content (AvgIpc) is 2.75. The summed E-state index contributed by atoms with van der Waals surface area (Å²) in [5.41, 5.74) is 3.24. The zero-order valence-electron chi connectivity index (χ0n) is 15.5. The second-order valence-electron chi connectivity index (χ2n) is 6.30. The largest absolute Gasteiger partial charge is 0.496 e. The normalized spacial score (nSPS) is 10.9. The molecule has 2 nitrogen and oxygen atoms in total. The van der Waals surface area contributed by atoms with E-state index in [1.54, 1.807) is 14.2 Å². The van der Waals surface area contributed by atoms with Gasteiger partial charge in [-0.15, -0.1) is 0 Å². The topological polar surface area (TPSA) is 18.5 Å². The molecule has 0 amide bonds. The predicted molar refractivity (Wildman–Crippen MR) is 110 cm³/mol. The molecule has 4 aromatic carbocycles. The Balaban J connectivity index is 2.05. The van der Waals surface area contributed by atoms with Gasteiger partial charge in [0.2, 0.25) is 0 Å². The first-order chi connectivity index (χ1) is 13.3. The fraction of sp³-hybridized carbons (Fsp3) is 0.0800. The molecule has 4 rings (SSSR count). The Morgan fingerprint density at radius 3 is 1.63 bits per heavy atom. The Kier molecular flexibility index (Phi) is 4.80. The maximum atomic E-state index is 5.69. The van der Waals surface area contributed by atoms with Crippen LogP contribution in [0, 0.1) is 5.92 Å². The molecule has 4 aromatic rings. The summed E-state index contributed by atoms with van der Waals surface area (Å²) in [6.45, 7) is 0. The summed E-state index contributed by atoms with van der Waals surface area (Å²) in [4.78, 5) is 0. The Labute approximate surface area is 160 Å². The standard InChI is InChI=1S/C25H21O2/c1-26-23-16-7-5-13-21(23)25(22-14-6-8-17-24(22)27-2)20-15-9-11-18-10-3-4-12-19(18)20/h3-17H,1-2H3. The van der Waals surface area contributed by atoms with Crippen LogP contribution in [0.15, 0.2) is 91.0 Å². The van der Waals surface area contributed by atoms with E-state index in [2.05, 4.69) is 54.6 Å². The molecule has 0 aliphatic heterocycles. The third-order valence-corrected chi connectivity index (χ3v) is 4.81. The van der Waals surface area contributed by atoms with Gasteiger partial charge in [0.05, 0.1) is 20.1 Å². The van der Waals surface area contributed by atoms with Gasteiger partial charge in [-0.25, -0.2) is 0 Å². The number of ether oxygens (including phenoxy) is 2. The number of benzene rings is 4. The lowest BCUT2D eigenvalue weighted by Gasteiger charge is -2.23. The molecular formula is C25H21O2. The summed E-state index contributed by atoms with van der Waals surface area (Å²) < 4.78 is 11.4. The van der Waals surface area contributed by atoms with Crippen LogP contribution in [-0.4, -0.2) is 14.2 Å². The van der Waals surface area contributed by atoms with E-state index < -0.39 is 0 Å². The Bertz CT molecular complexity index is 1020. The Hall–Kier alpha value is -3.26. The van der Waals surface area contributed by atoms with E-state index in [0.29, 0.717) is 0 Å². The second-order valence-corrected chi connectivity index (χ2v) is 6.30. The molecule has 133 valence electrons. The van der Waals surface area contributed by atoms with Gasteiger partial charge in [-0.1, -0.05) is 78.9 Å². The first-order valence-corrected chi connectivity index (χ1v) is 8.95. The third kappa shape index (κ3) is 3.15. The zero-order chi connectivity index (χ0) is 18.6. The molecule has 0 aromatic heterocycles. The highest BCUT2D eigenvalue weighted by atomic mass is 16.5. The van der Waals surface area contributed by atoms with Gasteiger partial charge in [0.15, 0.2) is 0 Å². The molecule has 0 saturated carbocycles. The SMILES string of the molecule is COc1ccccc1[C](c1ccccc1OC)c1cccc2ccccc12. The fourth-order valence-electron chi connectivity index (χ4n) is 3.58. The number of hydrogen-bond acceptors (Lipinski definition) is 2. The van der Waals surface area contributed by atoms with Gasteiger partial charge in [-0.05, 0) is 28.5 Å². The molecule has 0 saturated heterocycles. The van der Waals surface area contributed by atoms with Crippen LogP contribution in [0.4, 0.5) is 0 Å². The first-order valence-electron chi connectivity index (χ1n) is 8.95. The molecule has 0 aliphatic carbocycles. The van der Waals surface area contributed by atoms with Gasteiger partial charge >= 0.3 is 0 Å². The van der Waals surface area contributed by atoms with Crippen LogP contribution in [0.5, 0.6) is 11.5 Å². The van der Waals surface area contributed by atoms with Crippen molar-refractivity contribution in [1.82, 2.24) is 0 Å². The number of hydrogen-bond donors (Lipinski definition) is 0. The van der Waals surface area contributed by atoms with E-state index in [4.69, 9.17) is 9.47 Å². The van der Waals surface area contributed by atoms with E-state index in [9.17, 15) is 0 Å². The maximum Gasteiger partial charge on any atom is 0.123 e. The van der Waals surface area contributed by atoms with Crippen molar-refractivity contribution in [3.8, 4) is 11.5 Å². The van der Waals surface area contributed by atoms with Crippen LogP contribution in [0.25, 0.3) is 10.8 Å². The molecule has 0 fully saturated rings. The van der Waals surface area contributed by atoms with Crippen molar-refractivity contribution in [2.45, 2.75) is 0 Å². The summed E-state index contributed by atoms with van der Waals surface area (Å²) in [6.07, 6.45) is 0. The zero-order valence-corrected chi connectivity index (χ0v) is 15.5. The van der Waals surface area contributed by atoms with Gasteiger partial charge in [-0.3, -0.25) is 0 Å². The quantitative estimate of drug-likeness (QED) is 0.417. The van der Waals surface area contributed by atoms with Crippen LogP contribution in [0.3, 0.4) is 0 Å². The maximum absolute atomic E-state index is 5.69. The minimum absolute atomic E-state index is 0.839. The van der Waals surface area contributed by atoms with Crippen molar-refractivity contribution < 1.29 is 9.47 Å². The van der Waals surface area contributed by atoms with E-state index in [1.165, 1.54) is 10.8 Å². The average molecular weight is 353 g/mol. The van der Waals surface area contributed by atoms with Crippen molar-refractivity contribution in [2.24, 2.45) is 0 Å². The lowest BCUT2D eigenvalue weighted by atomic mass is 9.82. The van der Waals surface area contributed by atoms with Crippen molar-refractivity contribution in [2.75, 3.05) is 14.2 Å². The molecule has 0 atom stereocenters. The smallest absolute Gasteiger partial charge is 0.123 e. The van der Waals surface area contributed by atoms with Crippen LogP contribution >= 0.6 is 0 Å². The Morgan fingerprint density at radius 2 is 1.00 bits per heavy atom. The highest BCUT2D eigenvalue weighted by Gasteiger charge is 2.25. The second kappa shape index (κ2) is 7.55. The highest BCUT2D eigenvalue weighted by Crippen LogP contribution is 2.42. The van der Waals surface area contributed by atoms with Crippen molar-refractivity contribution in [1.29, 1.82) is 0 Å². The number of fused-ring (bicyclic) bond motifs is 1. The van der Waals surface area contributed by atoms with Gasteiger partial charge in [0.1, 0.15) is 11.5 Å². The molecule has 1 radical (unpaired) electrons. The van der Waals surface area contributed by atoms with Crippen LogP contribution in [0.2, 0.25) is 0 Å². The molecule has 0 N–H and O–H groups in total. The van der Waals surface area contributed by atoms with E-state index in [1.807, 2.05) is 36.4 Å². The van der Waals surface area contributed by atoms with Gasteiger partial charge < -0.3 is 9.47 Å². The van der Waals surface area contributed by atoms with Crippen LogP contribution < -0.4 is 9.47 Å². The molecule has 0 bridgehead atoms. The highest BCUT2D eigenvalue weighted by molar-refractivity contribution is 5.90. The lowest BCUT2D eigenvalue weighted by Crippen LogP contribution is -2.08. The summed E-state index contributed by atoms with van der Waals surface area (Å²) in [7, 11) is 3.42. The molecular weight excluding hydrogens is 332 g/mol. The summed E-state index contributed by atoms with van der Waals surface area (Å²) in [5, 5.41) is 2.41. The first kappa shape index (κ1) is 17.2. The summed E-state index contributed by atoms with van der Waals surface area (Å²) in [5.74, 6) is 2.78. The van der Waals surface area contributed by atoms with Crippen LogP contribution in [0.1, 0.15) is 16.7 Å². The molecule has 0 aliphatic rings. The minimum Gasteiger partial charge on any atom is -0.496 e. The lowest BCUT2D eigenvalue weighted by molar-refractivity contribution is 0.408. The van der Waals surface area contributed by atoms with Gasteiger partial charge in [0, 0.05) is 11.1 Å². The van der Waals surface area contributed by atoms with E-state index in [-0.39, 0.29) is 0 Å². The Morgan fingerprint density at radius 1 is 0.519 bits per heavy atom. The van der Waals surface area contributed by atoms with Crippen molar-refractivity contribution in [3.63, 3.8) is 0 Å². The molecule has 27 heavy (non-hydrogen) atoms. The minimum atomic E-state index is 0.839. The van der Waals surface area contributed by atoms with Crippen molar-refractivity contribution in [3.05, 3.63) is 114 Å². The summed E-state index contributed by atoms with van der Waals surface area (Å²) >= 11 is 0. The third-order valence-electron chi connectivity index (χ3n) is 4.81. The monoisotopic (exact) mass is 353 g/mol. The van der Waals surface area contributed by atoms with E-state index in [0.717, 1.165) is 34.1 Å². The number of methoxy groups -OCH3 is 2. The van der Waals surface area contributed by atoms with Gasteiger partial charge in [0.25, 0.3) is 0 Å². The number of para-hydroxylation sites is 2. The fourth-order valence-corrected chi connectivity index (χ4v) is 3.58. The van der Waals surface area contributed by atoms with Crippen LogP contribution in [-0.2, 0) is 0 Å². The van der Waals surface area contributed by atoms with E-state index >= 15 is 0 Å². The number of rotatable bonds is 5. The summed E-state index contributed by atoms with van der Waals surface area (Å²) in [6, 6.07) is 31.1. The molecule has 0 spiro atoms.